The zero-order valence-electron chi connectivity index (χ0n) is 19.2. The van der Waals surface area contributed by atoms with Crippen LogP contribution in [0.1, 0.15) is 34.6 Å². The number of aryl methyl sites for hydroxylation is 2. The van der Waals surface area contributed by atoms with Crippen molar-refractivity contribution in [2.45, 2.75) is 33.2 Å². The molecule has 164 valence electrons. The highest BCUT2D eigenvalue weighted by Crippen LogP contribution is 2.33. The third-order valence-corrected chi connectivity index (χ3v) is 5.86. The minimum Gasteiger partial charge on any atom is -0.326 e. The highest BCUT2D eigenvalue weighted by molar-refractivity contribution is 6.04. The Morgan fingerprint density at radius 2 is 1.81 bits per heavy atom. The minimum absolute atomic E-state index is 0.743. The number of aromatic nitrogens is 2. The standard InChI is InChI=1S/C26H30N6/c1-17-10-15-22-18(2)29-19(3)30-26(22)32(17)16-20-11-13-21(14-12-20)23-8-6-7-9-24(23)25(27-4)31-28-5/h6-9,11-14,28H,1,10,15-16H2,2-5H3,(H,27,31). The molecule has 0 amide bonds. The maximum Gasteiger partial charge on any atom is 0.143 e. The molecule has 4 rings (SSSR count). The Balaban J connectivity index is 1.63. The van der Waals surface area contributed by atoms with Crippen molar-refractivity contribution < 1.29 is 0 Å². The number of amidine groups is 1. The first-order chi connectivity index (χ1) is 15.5. The molecule has 2 aromatic carbocycles. The van der Waals surface area contributed by atoms with Crippen LogP contribution in [-0.4, -0.2) is 29.9 Å². The zero-order chi connectivity index (χ0) is 22.7. The maximum absolute atomic E-state index is 4.75. The molecular weight excluding hydrogens is 396 g/mol. The van der Waals surface area contributed by atoms with E-state index in [1.807, 2.05) is 20.0 Å². The average Bonchev–Trinajstić information content (AvgIpc) is 2.80. The number of fused-ring (bicyclic) bond motifs is 1. The first-order valence-corrected chi connectivity index (χ1v) is 10.9. The first-order valence-electron chi connectivity index (χ1n) is 10.9. The number of hydrogen-bond donors (Lipinski definition) is 2. The van der Waals surface area contributed by atoms with Gasteiger partial charge in [0.25, 0.3) is 0 Å². The third kappa shape index (κ3) is 4.27. The summed E-state index contributed by atoms with van der Waals surface area (Å²) in [6.07, 6.45) is 1.89. The Hall–Kier alpha value is -3.51. The molecular formula is C26H30N6. The molecule has 0 atom stereocenters. The lowest BCUT2D eigenvalue weighted by molar-refractivity contribution is 0.744. The SMILES string of the molecule is C=C1CCc2c(C)nc(C)nc2N1Cc1ccc(-c2ccccc2C(=NC)NNC)cc1. The number of anilines is 1. The van der Waals surface area contributed by atoms with Crippen molar-refractivity contribution in [1.82, 2.24) is 20.8 Å². The normalized spacial score (nSPS) is 13.8. The van der Waals surface area contributed by atoms with Crippen molar-refractivity contribution in [3.63, 3.8) is 0 Å². The molecule has 2 heterocycles. The molecule has 1 aliphatic heterocycles. The Labute approximate surface area is 190 Å². The topological polar surface area (TPSA) is 65.4 Å². The Morgan fingerprint density at radius 3 is 2.53 bits per heavy atom. The minimum atomic E-state index is 0.743. The van der Waals surface area contributed by atoms with E-state index in [0.717, 1.165) is 64.9 Å². The number of benzene rings is 2. The predicted octanol–water partition coefficient (Wildman–Crippen LogP) is 4.33. The lowest BCUT2D eigenvalue weighted by atomic mass is 9.97. The van der Waals surface area contributed by atoms with Crippen LogP contribution in [0.25, 0.3) is 11.1 Å². The second-order valence-electron chi connectivity index (χ2n) is 8.00. The lowest BCUT2D eigenvalue weighted by Gasteiger charge is -2.33. The van der Waals surface area contributed by atoms with Crippen molar-refractivity contribution in [2.75, 3.05) is 19.0 Å². The molecule has 0 aliphatic carbocycles. The summed E-state index contributed by atoms with van der Waals surface area (Å²) in [5.41, 5.74) is 14.0. The van der Waals surface area contributed by atoms with Gasteiger partial charge in [-0.3, -0.25) is 4.99 Å². The van der Waals surface area contributed by atoms with Crippen LogP contribution in [-0.2, 0) is 13.0 Å². The van der Waals surface area contributed by atoms with Crippen molar-refractivity contribution in [1.29, 1.82) is 0 Å². The van der Waals surface area contributed by atoms with Crippen LogP contribution in [0.15, 0.2) is 65.8 Å². The van der Waals surface area contributed by atoms with Gasteiger partial charge in [-0.25, -0.2) is 15.4 Å². The zero-order valence-corrected chi connectivity index (χ0v) is 19.2. The number of nitrogens with one attached hydrogen (secondary N) is 2. The van der Waals surface area contributed by atoms with E-state index >= 15 is 0 Å². The number of nitrogens with zero attached hydrogens (tertiary/aromatic N) is 4. The van der Waals surface area contributed by atoms with Crippen LogP contribution in [0.2, 0.25) is 0 Å². The Morgan fingerprint density at radius 1 is 1.06 bits per heavy atom. The van der Waals surface area contributed by atoms with Crippen LogP contribution in [0.5, 0.6) is 0 Å². The van der Waals surface area contributed by atoms with Gasteiger partial charge in [-0.05, 0) is 43.4 Å². The van der Waals surface area contributed by atoms with Gasteiger partial charge in [0.2, 0.25) is 0 Å². The van der Waals surface area contributed by atoms with Crippen molar-refractivity contribution in [3.05, 3.63) is 89.0 Å². The van der Waals surface area contributed by atoms with Gasteiger partial charge < -0.3 is 10.3 Å². The summed E-state index contributed by atoms with van der Waals surface area (Å²) in [7, 11) is 3.62. The van der Waals surface area contributed by atoms with Crippen molar-refractivity contribution in [2.24, 2.45) is 4.99 Å². The molecule has 2 N–H and O–H groups in total. The second-order valence-corrected chi connectivity index (χ2v) is 8.00. The third-order valence-electron chi connectivity index (χ3n) is 5.86. The van der Waals surface area contributed by atoms with E-state index < -0.39 is 0 Å². The Kier molecular flexibility index (Phi) is 6.32. The molecule has 0 saturated heterocycles. The van der Waals surface area contributed by atoms with Crippen LogP contribution >= 0.6 is 0 Å². The van der Waals surface area contributed by atoms with Gasteiger partial charge in [-0.1, -0.05) is 55.1 Å². The van der Waals surface area contributed by atoms with Gasteiger partial charge in [0.15, 0.2) is 0 Å². The van der Waals surface area contributed by atoms with E-state index in [1.165, 1.54) is 11.1 Å². The molecule has 3 aromatic rings. The molecule has 6 heteroatoms. The summed E-state index contributed by atoms with van der Waals surface area (Å²) in [4.78, 5) is 15.9. The molecule has 0 spiro atoms. The predicted molar refractivity (Wildman–Crippen MR) is 132 cm³/mol. The van der Waals surface area contributed by atoms with E-state index in [2.05, 4.69) is 81.7 Å². The number of allylic oxidation sites excluding steroid dienone is 1. The highest BCUT2D eigenvalue weighted by atomic mass is 15.4. The van der Waals surface area contributed by atoms with Crippen LogP contribution in [0, 0.1) is 13.8 Å². The van der Waals surface area contributed by atoms with Crippen LogP contribution < -0.4 is 15.8 Å². The number of rotatable bonds is 5. The number of aliphatic imine (C=N–C) groups is 1. The first kappa shape index (κ1) is 21.7. The van der Waals surface area contributed by atoms with E-state index in [1.54, 1.807) is 7.05 Å². The summed E-state index contributed by atoms with van der Waals surface area (Å²) in [5, 5.41) is 0. The molecule has 0 unspecified atom stereocenters. The average molecular weight is 427 g/mol. The van der Waals surface area contributed by atoms with Gasteiger partial charge in [-0.15, -0.1) is 0 Å². The van der Waals surface area contributed by atoms with Gasteiger partial charge in [0, 0.05) is 43.2 Å². The molecule has 0 bridgehead atoms. The molecule has 0 saturated carbocycles. The van der Waals surface area contributed by atoms with Gasteiger partial charge >= 0.3 is 0 Å². The summed E-state index contributed by atoms with van der Waals surface area (Å²) < 4.78 is 0. The summed E-state index contributed by atoms with van der Waals surface area (Å²) in [5.74, 6) is 2.61. The lowest BCUT2D eigenvalue weighted by Crippen LogP contribution is -2.35. The summed E-state index contributed by atoms with van der Waals surface area (Å²) in [6, 6.07) is 17.0. The largest absolute Gasteiger partial charge is 0.326 e. The smallest absolute Gasteiger partial charge is 0.143 e. The molecule has 32 heavy (non-hydrogen) atoms. The number of hydrogen-bond acceptors (Lipinski definition) is 5. The van der Waals surface area contributed by atoms with Gasteiger partial charge in [0.05, 0.1) is 0 Å². The molecule has 0 fully saturated rings. The highest BCUT2D eigenvalue weighted by Gasteiger charge is 2.24. The van der Waals surface area contributed by atoms with Crippen LogP contribution in [0.3, 0.4) is 0 Å². The second kappa shape index (κ2) is 9.32. The molecule has 6 nitrogen and oxygen atoms in total. The van der Waals surface area contributed by atoms with Crippen LogP contribution in [0.4, 0.5) is 5.82 Å². The molecule has 0 radical (unpaired) electrons. The Bertz CT molecular complexity index is 1160. The fourth-order valence-electron chi connectivity index (χ4n) is 4.25. The molecule has 1 aromatic heterocycles. The quantitative estimate of drug-likeness (QED) is 0.361. The van der Waals surface area contributed by atoms with E-state index in [4.69, 9.17) is 4.98 Å². The fourth-order valence-corrected chi connectivity index (χ4v) is 4.25. The summed E-state index contributed by atoms with van der Waals surface area (Å²) >= 11 is 0. The molecule has 1 aliphatic rings. The number of hydrazine groups is 1. The van der Waals surface area contributed by atoms with E-state index in [-0.39, 0.29) is 0 Å². The van der Waals surface area contributed by atoms with E-state index in [9.17, 15) is 0 Å². The summed E-state index contributed by atoms with van der Waals surface area (Å²) in [6.45, 7) is 9.08. The fraction of sp³-hybridized carbons (Fsp3) is 0.269. The van der Waals surface area contributed by atoms with Gasteiger partial charge in [-0.2, -0.15) is 0 Å². The van der Waals surface area contributed by atoms with E-state index in [0.29, 0.717) is 0 Å². The van der Waals surface area contributed by atoms with Crippen molar-refractivity contribution >= 4 is 11.7 Å². The monoisotopic (exact) mass is 426 g/mol. The maximum atomic E-state index is 4.75. The van der Waals surface area contributed by atoms with Crippen molar-refractivity contribution in [3.8, 4) is 11.1 Å². The van der Waals surface area contributed by atoms with Gasteiger partial charge in [0.1, 0.15) is 17.5 Å².